The molecule has 1 atom stereocenters. The molecule has 1 saturated heterocycles. The Kier molecular flexibility index (Phi) is 5.41. The first-order valence-electron chi connectivity index (χ1n) is 9.90. The van der Waals surface area contributed by atoms with Crippen molar-refractivity contribution in [1.29, 1.82) is 0 Å². The molecule has 4 rings (SSSR count). The number of fused-ring (bicyclic) bond motifs is 1. The van der Waals surface area contributed by atoms with Crippen LogP contribution in [0.3, 0.4) is 0 Å². The number of rotatable bonds is 3. The average Bonchev–Trinajstić information content (AvgIpc) is 2.91. The van der Waals surface area contributed by atoms with Gasteiger partial charge in [-0.1, -0.05) is 6.92 Å². The highest BCUT2D eigenvalue weighted by atomic mass is 16.7. The molecule has 7 heteroatoms. The van der Waals surface area contributed by atoms with Crippen LogP contribution in [-0.4, -0.2) is 44.2 Å². The van der Waals surface area contributed by atoms with Crippen LogP contribution in [0.25, 0.3) is 0 Å². The van der Waals surface area contributed by atoms with Gasteiger partial charge in [0.1, 0.15) is 6.10 Å². The second-order valence-electron chi connectivity index (χ2n) is 7.71. The summed E-state index contributed by atoms with van der Waals surface area (Å²) in [6, 6.07) is 5.68. The Morgan fingerprint density at radius 3 is 2.81 bits per heavy atom. The second kappa shape index (κ2) is 7.94. The fraction of sp³-hybridized carbons (Fsp3) is 0.650. The van der Waals surface area contributed by atoms with Gasteiger partial charge in [-0.05, 0) is 30.9 Å². The molecule has 1 spiro atoms. The van der Waals surface area contributed by atoms with Crippen LogP contribution in [0.1, 0.15) is 39.0 Å². The van der Waals surface area contributed by atoms with Crippen molar-refractivity contribution < 1.29 is 18.9 Å². The van der Waals surface area contributed by atoms with Crippen LogP contribution >= 0.6 is 0 Å². The molecule has 0 aromatic heterocycles. The van der Waals surface area contributed by atoms with Gasteiger partial charge in [0.2, 0.25) is 0 Å². The van der Waals surface area contributed by atoms with Crippen molar-refractivity contribution in [3.63, 3.8) is 0 Å². The van der Waals surface area contributed by atoms with Crippen molar-refractivity contribution in [2.75, 3.05) is 31.7 Å². The Balaban J connectivity index is 1.31. The Hall–Kier alpha value is -1.99. The van der Waals surface area contributed by atoms with Gasteiger partial charge in [-0.15, -0.1) is 0 Å². The molecule has 1 saturated carbocycles. The number of nitrogens with one attached hydrogen (secondary N) is 1. The molecule has 2 fully saturated rings. The van der Waals surface area contributed by atoms with Crippen molar-refractivity contribution in [2.24, 2.45) is 16.6 Å². The Labute approximate surface area is 160 Å². The number of hydrogen-bond acceptors (Lipinski definition) is 5. The molecule has 1 aromatic rings. The number of guanidine groups is 1. The molecular weight excluding hydrogens is 346 g/mol. The summed E-state index contributed by atoms with van der Waals surface area (Å²) >= 11 is 0. The quantitative estimate of drug-likeness (QED) is 0.624. The zero-order valence-corrected chi connectivity index (χ0v) is 15.9. The molecule has 1 aromatic carbocycles. The summed E-state index contributed by atoms with van der Waals surface area (Å²) in [7, 11) is 0. The van der Waals surface area contributed by atoms with Crippen LogP contribution in [0.2, 0.25) is 0 Å². The van der Waals surface area contributed by atoms with Crippen LogP contribution in [-0.2, 0) is 9.47 Å². The minimum absolute atomic E-state index is 0.0393. The minimum Gasteiger partial charge on any atom is -0.490 e. The molecule has 1 aliphatic carbocycles. The van der Waals surface area contributed by atoms with Crippen molar-refractivity contribution in [2.45, 2.75) is 50.9 Å². The molecule has 0 amide bonds. The molecule has 0 bridgehead atoms. The van der Waals surface area contributed by atoms with Crippen LogP contribution in [0, 0.1) is 5.92 Å². The van der Waals surface area contributed by atoms with Crippen molar-refractivity contribution >= 4 is 11.6 Å². The molecule has 2 heterocycles. The summed E-state index contributed by atoms with van der Waals surface area (Å²) in [6.45, 7) is 4.68. The molecule has 3 N–H and O–H groups in total. The predicted molar refractivity (Wildman–Crippen MR) is 103 cm³/mol. The van der Waals surface area contributed by atoms with E-state index in [0.29, 0.717) is 32.3 Å². The Morgan fingerprint density at radius 1 is 1.22 bits per heavy atom. The largest absolute Gasteiger partial charge is 0.490 e. The van der Waals surface area contributed by atoms with Crippen LogP contribution < -0.4 is 20.5 Å². The third-order valence-electron chi connectivity index (χ3n) is 5.43. The summed E-state index contributed by atoms with van der Waals surface area (Å²) in [4.78, 5) is 4.43. The number of nitrogens with two attached hydrogens (primary N) is 1. The van der Waals surface area contributed by atoms with E-state index in [4.69, 9.17) is 24.7 Å². The first-order valence-corrected chi connectivity index (χ1v) is 9.90. The average molecular weight is 375 g/mol. The first kappa shape index (κ1) is 18.4. The number of ether oxygens (including phenoxy) is 4. The van der Waals surface area contributed by atoms with Gasteiger partial charge in [0.05, 0.1) is 26.4 Å². The molecule has 1 unspecified atom stereocenters. The Morgan fingerprint density at radius 2 is 2.00 bits per heavy atom. The lowest BCUT2D eigenvalue weighted by atomic mass is 9.86. The SMILES string of the molecule is CC1CCC2(CC1)OCC(CN=C(N)Nc1ccc3c(c1)OCCCO3)O2. The lowest BCUT2D eigenvalue weighted by molar-refractivity contribution is -0.190. The summed E-state index contributed by atoms with van der Waals surface area (Å²) in [5.74, 6) is 2.22. The second-order valence-corrected chi connectivity index (χ2v) is 7.71. The van der Waals surface area contributed by atoms with Gasteiger partial charge in [0.25, 0.3) is 0 Å². The van der Waals surface area contributed by atoms with Gasteiger partial charge >= 0.3 is 0 Å². The third-order valence-corrected chi connectivity index (χ3v) is 5.43. The maximum atomic E-state index is 6.18. The van der Waals surface area contributed by atoms with E-state index < -0.39 is 0 Å². The van der Waals surface area contributed by atoms with E-state index in [1.807, 2.05) is 18.2 Å². The highest BCUT2D eigenvalue weighted by Gasteiger charge is 2.43. The van der Waals surface area contributed by atoms with E-state index in [9.17, 15) is 0 Å². The number of nitrogens with zero attached hydrogens (tertiary/aromatic N) is 1. The molecule has 2 aliphatic heterocycles. The smallest absolute Gasteiger partial charge is 0.193 e. The van der Waals surface area contributed by atoms with E-state index in [-0.39, 0.29) is 11.9 Å². The van der Waals surface area contributed by atoms with Crippen LogP contribution in [0.15, 0.2) is 23.2 Å². The number of hydrogen-bond donors (Lipinski definition) is 2. The van der Waals surface area contributed by atoms with Gasteiger partial charge < -0.3 is 30.0 Å². The molecule has 3 aliphatic rings. The number of aliphatic imine (C=N–C) groups is 1. The van der Waals surface area contributed by atoms with Crippen LogP contribution in [0.5, 0.6) is 11.5 Å². The van der Waals surface area contributed by atoms with E-state index in [1.54, 1.807) is 0 Å². The fourth-order valence-electron chi connectivity index (χ4n) is 3.80. The van der Waals surface area contributed by atoms with Gasteiger partial charge in [-0.2, -0.15) is 0 Å². The highest BCUT2D eigenvalue weighted by molar-refractivity contribution is 5.92. The first-order chi connectivity index (χ1) is 13.1. The van der Waals surface area contributed by atoms with E-state index >= 15 is 0 Å². The third kappa shape index (κ3) is 4.47. The Bertz CT molecular complexity index is 686. The maximum absolute atomic E-state index is 6.18. The summed E-state index contributed by atoms with van der Waals surface area (Å²) in [5, 5.41) is 3.11. The summed E-state index contributed by atoms with van der Waals surface area (Å²) < 4.78 is 23.5. The van der Waals surface area contributed by atoms with Gasteiger partial charge in [-0.25, -0.2) is 0 Å². The fourth-order valence-corrected chi connectivity index (χ4v) is 3.80. The normalized spacial score (nSPS) is 30.9. The van der Waals surface area contributed by atoms with E-state index in [0.717, 1.165) is 55.2 Å². The lowest BCUT2D eigenvalue weighted by Gasteiger charge is -2.34. The highest BCUT2D eigenvalue weighted by Crippen LogP contribution is 2.40. The zero-order valence-electron chi connectivity index (χ0n) is 15.9. The molecule has 148 valence electrons. The zero-order chi connectivity index (χ0) is 18.7. The molecule has 0 radical (unpaired) electrons. The number of benzene rings is 1. The predicted octanol–water partition coefficient (Wildman–Crippen LogP) is 2.90. The summed E-state index contributed by atoms with van der Waals surface area (Å²) in [6.07, 6.45) is 5.10. The monoisotopic (exact) mass is 375 g/mol. The van der Waals surface area contributed by atoms with Gasteiger partial charge in [0, 0.05) is 31.0 Å². The molecule has 7 nitrogen and oxygen atoms in total. The van der Waals surface area contributed by atoms with Gasteiger partial charge in [0.15, 0.2) is 23.2 Å². The number of anilines is 1. The lowest BCUT2D eigenvalue weighted by Crippen LogP contribution is -2.35. The van der Waals surface area contributed by atoms with Gasteiger partial charge in [-0.3, -0.25) is 4.99 Å². The standard InChI is InChI=1S/C20H29N3O4/c1-14-5-7-20(8-6-14)26-13-16(27-20)12-22-19(21)23-15-3-4-17-18(11-15)25-10-2-9-24-17/h3-4,11,14,16H,2,5-10,12-13H2,1H3,(H3,21,22,23). The summed E-state index contributed by atoms with van der Waals surface area (Å²) in [5.41, 5.74) is 6.87. The minimum atomic E-state index is -0.386. The van der Waals surface area contributed by atoms with Crippen molar-refractivity contribution in [3.8, 4) is 11.5 Å². The van der Waals surface area contributed by atoms with E-state index in [1.165, 1.54) is 0 Å². The molecule has 27 heavy (non-hydrogen) atoms. The van der Waals surface area contributed by atoms with Crippen molar-refractivity contribution in [3.05, 3.63) is 18.2 Å². The topological polar surface area (TPSA) is 87.3 Å². The van der Waals surface area contributed by atoms with Crippen molar-refractivity contribution in [1.82, 2.24) is 0 Å². The van der Waals surface area contributed by atoms with E-state index in [2.05, 4.69) is 17.2 Å². The maximum Gasteiger partial charge on any atom is 0.193 e. The molecular formula is C20H29N3O4. The van der Waals surface area contributed by atoms with Crippen LogP contribution in [0.4, 0.5) is 5.69 Å².